The lowest BCUT2D eigenvalue weighted by atomic mass is 9.48. The molecule has 0 heterocycles. The van der Waals surface area contributed by atoms with E-state index in [2.05, 4.69) is 34.6 Å². The minimum atomic E-state index is -0.918. The highest BCUT2D eigenvalue weighted by Gasteiger charge is 2.79. The van der Waals surface area contributed by atoms with Gasteiger partial charge >= 0.3 is 5.97 Å². The van der Waals surface area contributed by atoms with E-state index in [9.17, 15) is 15.0 Å². The quantitative estimate of drug-likeness (QED) is 0.344. The van der Waals surface area contributed by atoms with Crippen LogP contribution in [0.1, 0.15) is 106 Å². The molecule has 0 aliphatic heterocycles. The zero-order valence-corrected chi connectivity index (χ0v) is 23.6. The first kappa shape index (κ1) is 26.8. The van der Waals surface area contributed by atoms with E-state index >= 15 is 0 Å². The highest BCUT2D eigenvalue weighted by molar-refractivity contribution is 5.70. The Hall–Kier alpha value is -0.780. The molecule has 5 saturated carbocycles. The van der Waals surface area contributed by atoms with Crippen molar-refractivity contribution >= 4 is 5.97 Å². The monoisotopic (exact) mass is 503 g/mol. The summed E-state index contributed by atoms with van der Waals surface area (Å²) in [6.45, 7) is 16.4. The van der Waals surface area contributed by atoms with Gasteiger partial charge in [0.25, 0.3) is 0 Å². The molecule has 0 saturated heterocycles. The molecule has 204 valence electrons. The topological polar surface area (TPSA) is 76.0 Å². The third-order valence-corrected chi connectivity index (χ3v) is 12.5. The molecule has 0 aromatic rings. The maximum Gasteiger partial charge on any atom is 0.351 e. The summed E-state index contributed by atoms with van der Waals surface area (Å²) in [7, 11) is 0. The third kappa shape index (κ3) is 3.72. The fourth-order valence-corrected chi connectivity index (χ4v) is 10.9. The van der Waals surface area contributed by atoms with Crippen LogP contribution >= 0.6 is 0 Å². The molecule has 12 atom stereocenters. The molecule has 0 amide bonds. The average Bonchev–Trinajstić information content (AvgIpc) is 3.39. The van der Waals surface area contributed by atoms with Gasteiger partial charge in [0.05, 0.1) is 30.8 Å². The standard InChI is InChI=1S/C31H51O5/c1-8-25(28(5,6)34)35-19(4)27-24(36-26(33)9-2)16-22-21-11-10-20-18(3)23(32)12-13-30(20)17-31(21,30)15-14-29(22,27)7/h18-25,27,32,34H,2,8-17H2,1,3-7H3/q+1. The normalized spacial score (nSPS) is 49.2. The summed E-state index contributed by atoms with van der Waals surface area (Å²) in [5.74, 6) is 2.17. The van der Waals surface area contributed by atoms with Crippen LogP contribution < -0.4 is 0 Å². The minimum absolute atomic E-state index is 0.0513. The van der Waals surface area contributed by atoms with E-state index in [1.165, 1.54) is 32.1 Å². The Balaban J connectivity index is 1.44. The average molecular weight is 504 g/mol. The summed E-state index contributed by atoms with van der Waals surface area (Å²) in [5.41, 5.74) is -0.00789. The Morgan fingerprint density at radius 2 is 1.78 bits per heavy atom. The first-order valence-corrected chi connectivity index (χ1v) is 14.9. The first-order valence-electron chi connectivity index (χ1n) is 14.9. The Morgan fingerprint density at radius 1 is 1.11 bits per heavy atom. The summed E-state index contributed by atoms with van der Waals surface area (Å²) in [6, 6.07) is 0. The summed E-state index contributed by atoms with van der Waals surface area (Å²) in [6.07, 6.45) is 9.53. The Bertz CT molecular complexity index is 850. The largest absolute Gasteiger partial charge is 0.459 e. The summed E-state index contributed by atoms with van der Waals surface area (Å²) in [4.78, 5) is 12.5. The number of esters is 1. The molecule has 0 radical (unpaired) electrons. The Morgan fingerprint density at radius 3 is 2.42 bits per heavy atom. The van der Waals surface area contributed by atoms with Gasteiger partial charge in [0, 0.05) is 5.92 Å². The molecule has 0 aromatic carbocycles. The van der Waals surface area contributed by atoms with Gasteiger partial charge < -0.3 is 19.7 Å². The lowest BCUT2D eigenvalue weighted by molar-refractivity contribution is -0.172. The first-order chi connectivity index (χ1) is 16.8. The van der Waals surface area contributed by atoms with E-state index < -0.39 is 5.60 Å². The van der Waals surface area contributed by atoms with E-state index in [4.69, 9.17) is 9.47 Å². The second-order valence-corrected chi connectivity index (χ2v) is 14.3. The van der Waals surface area contributed by atoms with Crippen LogP contribution in [0.25, 0.3) is 0 Å². The molecular formula is C31H51O5+. The second-order valence-electron chi connectivity index (χ2n) is 14.3. The number of hydrogen-bond acceptors (Lipinski definition) is 5. The highest BCUT2D eigenvalue weighted by atomic mass is 16.6. The van der Waals surface area contributed by atoms with Crippen LogP contribution in [0.15, 0.2) is 0 Å². The van der Waals surface area contributed by atoms with E-state index in [0.29, 0.717) is 34.5 Å². The van der Waals surface area contributed by atoms with E-state index in [1.54, 1.807) is 0 Å². The molecule has 0 bridgehead atoms. The zero-order valence-electron chi connectivity index (χ0n) is 23.6. The van der Waals surface area contributed by atoms with Crippen LogP contribution in [-0.4, -0.2) is 46.2 Å². The van der Waals surface area contributed by atoms with Gasteiger partial charge in [0.15, 0.2) is 6.42 Å². The molecule has 5 fully saturated rings. The third-order valence-electron chi connectivity index (χ3n) is 12.5. The number of rotatable bonds is 7. The fraction of sp³-hybridized carbons (Fsp3) is 0.935. The summed E-state index contributed by atoms with van der Waals surface area (Å²) < 4.78 is 12.7. The molecule has 36 heavy (non-hydrogen) atoms. The second kappa shape index (κ2) is 8.88. The number of ether oxygens (including phenoxy) is 2. The van der Waals surface area contributed by atoms with Gasteiger partial charge in [-0.1, -0.05) is 20.8 Å². The molecule has 5 aliphatic carbocycles. The highest BCUT2D eigenvalue weighted by Crippen LogP contribution is 2.86. The smallest absolute Gasteiger partial charge is 0.351 e. The van der Waals surface area contributed by atoms with Crippen molar-refractivity contribution in [3.63, 3.8) is 0 Å². The zero-order chi connectivity index (χ0) is 26.3. The molecule has 5 heteroatoms. The number of hydrogen-bond donors (Lipinski definition) is 2. The number of carbonyl (C=O) groups excluding carboxylic acids is 1. The van der Waals surface area contributed by atoms with Crippen molar-refractivity contribution in [1.29, 1.82) is 0 Å². The Kier molecular flexibility index (Phi) is 6.61. The van der Waals surface area contributed by atoms with Gasteiger partial charge in [-0.3, -0.25) is 0 Å². The lowest BCUT2D eigenvalue weighted by Gasteiger charge is -2.57. The van der Waals surface area contributed by atoms with Crippen molar-refractivity contribution in [2.45, 2.75) is 136 Å². The van der Waals surface area contributed by atoms with Crippen LogP contribution in [0.3, 0.4) is 0 Å². The molecule has 5 aliphatic rings. The number of aliphatic hydroxyl groups is 2. The van der Waals surface area contributed by atoms with Crippen LogP contribution in [0.5, 0.6) is 0 Å². The SMILES string of the molecule is [CH2+]CC(=O)OC1CC2C3CCC4C(C)C(O)CCC45CC35CCC2(C)C1C(C)OC(CC)C(C)(C)O. The van der Waals surface area contributed by atoms with Gasteiger partial charge in [0.2, 0.25) is 0 Å². The minimum Gasteiger partial charge on any atom is -0.459 e. The Labute approximate surface area is 219 Å². The maximum atomic E-state index is 12.5. The number of aliphatic hydroxyl groups excluding tert-OH is 1. The lowest BCUT2D eigenvalue weighted by Crippen LogP contribution is -2.52. The molecule has 0 aromatic heterocycles. The predicted molar refractivity (Wildman–Crippen MR) is 140 cm³/mol. The van der Waals surface area contributed by atoms with Crippen LogP contribution in [0.2, 0.25) is 0 Å². The van der Waals surface area contributed by atoms with Crippen molar-refractivity contribution in [2.24, 2.45) is 45.8 Å². The van der Waals surface area contributed by atoms with Crippen molar-refractivity contribution < 1.29 is 24.5 Å². The number of fused-ring (bicyclic) bond motifs is 2. The van der Waals surface area contributed by atoms with Gasteiger partial charge in [-0.2, -0.15) is 0 Å². The van der Waals surface area contributed by atoms with Crippen molar-refractivity contribution in [1.82, 2.24) is 0 Å². The van der Waals surface area contributed by atoms with E-state index in [1.807, 2.05) is 13.8 Å². The van der Waals surface area contributed by atoms with E-state index in [-0.39, 0.29) is 48.1 Å². The van der Waals surface area contributed by atoms with Crippen LogP contribution in [-0.2, 0) is 14.3 Å². The molecule has 12 unspecified atom stereocenters. The summed E-state index contributed by atoms with van der Waals surface area (Å²) in [5, 5.41) is 21.4. The fourth-order valence-electron chi connectivity index (χ4n) is 10.9. The van der Waals surface area contributed by atoms with Crippen molar-refractivity contribution in [2.75, 3.05) is 0 Å². The van der Waals surface area contributed by atoms with Gasteiger partial charge in [-0.05, 0) is 118 Å². The van der Waals surface area contributed by atoms with Gasteiger partial charge in [-0.15, -0.1) is 0 Å². The van der Waals surface area contributed by atoms with Crippen LogP contribution in [0.4, 0.5) is 0 Å². The molecule has 5 nitrogen and oxygen atoms in total. The van der Waals surface area contributed by atoms with Crippen molar-refractivity contribution in [3.8, 4) is 0 Å². The molecule has 2 N–H and O–H groups in total. The number of carbonyl (C=O) groups is 1. The van der Waals surface area contributed by atoms with Crippen LogP contribution in [0, 0.1) is 52.8 Å². The van der Waals surface area contributed by atoms with Gasteiger partial charge in [-0.25, -0.2) is 4.79 Å². The predicted octanol–water partition coefficient (Wildman–Crippen LogP) is 5.71. The molecule has 5 rings (SSSR count). The summed E-state index contributed by atoms with van der Waals surface area (Å²) >= 11 is 0. The molecule has 2 spiro atoms. The van der Waals surface area contributed by atoms with Gasteiger partial charge in [0.1, 0.15) is 6.10 Å². The van der Waals surface area contributed by atoms with E-state index in [0.717, 1.165) is 25.7 Å². The van der Waals surface area contributed by atoms with Crippen molar-refractivity contribution in [3.05, 3.63) is 6.92 Å². The maximum absolute atomic E-state index is 12.5. The molecular weight excluding hydrogens is 452 g/mol.